The van der Waals surface area contributed by atoms with E-state index >= 15 is 0 Å². The predicted molar refractivity (Wildman–Crippen MR) is 75.9 cm³/mol. The molecule has 0 amide bonds. The van der Waals surface area contributed by atoms with Gasteiger partial charge >= 0.3 is 11.9 Å². The molecule has 0 saturated carbocycles. The van der Waals surface area contributed by atoms with Gasteiger partial charge in [-0.25, -0.2) is 0 Å². The number of hydrogen-bond donors (Lipinski definition) is 4. The molecule has 0 aromatic heterocycles. The molecule has 0 radical (unpaired) electrons. The van der Waals surface area contributed by atoms with Gasteiger partial charge in [-0.3, -0.25) is 14.4 Å². The van der Waals surface area contributed by atoms with Crippen molar-refractivity contribution in [3.63, 3.8) is 0 Å². The highest BCUT2D eigenvalue weighted by Crippen LogP contribution is 1.96. The zero-order chi connectivity index (χ0) is 16.4. The van der Waals surface area contributed by atoms with Crippen LogP contribution in [0.25, 0.3) is 0 Å². The van der Waals surface area contributed by atoms with Gasteiger partial charge < -0.3 is 20.6 Å². The number of rotatable bonds is 2. The fourth-order valence-electron chi connectivity index (χ4n) is 0.802. The normalized spacial score (nSPS) is 12.2. The van der Waals surface area contributed by atoms with Crippen molar-refractivity contribution in [3.05, 3.63) is 0 Å². The predicted octanol–water partition coefficient (Wildman–Crippen LogP) is 1.81. The van der Waals surface area contributed by atoms with Crippen molar-refractivity contribution in [2.45, 2.75) is 52.9 Å². The van der Waals surface area contributed by atoms with Crippen LogP contribution in [0.15, 0.2) is 0 Å². The number of carboxylic acids is 3. The lowest BCUT2D eigenvalue weighted by molar-refractivity contribution is -0.137. The molecule has 0 unspecified atom stereocenters. The smallest absolute Gasteiger partial charge is 0.303 e. The van der Waals surface area contributed by atoms with E-state index in [0.717, 1.165) is 6.92 Å². The van der Waals surface area contributed by atoms with Crippen LogP contribution < -0.4 is 5.32 Å². The van der Waals surface area contributed by atoms with Crippen LogP contribution in [0, 0.1) is 0 Å². The number of nitrogens with one attached hydrogen (secondary N) is 1. The number of hydrogen-bond acceptors (Lipinski definition) is 4. The Morgan fingerprint density at radius 1 is 0.850 bits per heavy atom. The van der Waals surface area contributed by atoms with Gasteiger partial charge in [0.05, 0.1) is 0 Å². The molecule has 1 heterocycles. The minimum Gasteiger partial charge on any atom is -0.481 e. The number of carboxylic acid groups (broad SMARTS) is 3. The van der Waals surface area contributed by atoms with Crippen molar-refractivity contribution in [3.8, 4) is 0 Å². The van der Waals surface area contributed by atoms with Gasteiger partial charge in [0.1, 0.15) is 0 Å². The zero-order valence-electron chi connectivity index (χ0n) is 12.5. The van der Waals surface area contributed by atoms with Crippen LogP contribution in [-0.4, -0.2) is 46.3 Å². The molecule has 1 rings (SSSR count). The maximum Gasteiger partial charge on any atom is 0.303 e. The van der Waals surface area contributed by atoms with E-state index in [2.05, 4.69) is 5.32 Å². The Bertz CT molecular complexity index is 222. The van der Waals surface area contributed by atoms with Crippen LogP contribution in [0.1, 0.15) is 52.9 Å². The highest BCUT2D eigenvalue weighted by atomic mass is 16.4. The summed E-state index contributed by atoms with van der Waals surface area (Å²) in [5.41, 5.74) is 0. The standard InChI is InChI=1S/C5H11N.2C3H6O2.C2H4O2/c1-2-4-6-5-3-1;2*1-2-3(4)5;1-2(3)4/h6H,1-5H2;2*2H2,1H3,(H,4,5);1H3,(H,3,4). The molecule has 120 valence electrons. The molecule has 1 saturated heterocycles. The quantitative estimate of drug-likeness (QED) is 0.612. The molecule has 7 nitrogen and oxygen atoms in total. The largest absolute Gasteiger partial charge is 0.481 e. The monoisotopic (exact) mass is 293 g/mol. The molecule has 1 aliphatic heterocycles. The van der Waals surface area contributed by atoms with Gasteiger partial charge in [-0.05, 0) is 25.9 Å². The Morgan fingerprint density at radius 2 is 1.10 bits per heavy atom. The van der Waals surface area contributed by atoms with Crippen molar-refractivity contribution in [1.29, 1.82) is 0 Å². The van der Waals surface area contributed by atoms with Crippen LogP contribution in [0.5, 0.6) is 0 Å². The molecule has 0 atom stereocenters. The molecule has 1 aliphatic rings. The van der Waals surface area contributed by atoms with Crippen LogP contribution in [0.2, 0.25) is 0 Å². The summed E-state index contributed by atoms with van der Waals surface area (Å²) >= 11 is 0. The minimum atomic E-state index is -0.833. The first-order chi connectivity index (χ1) is 9.27. The van der Waals surface area contributed by atoms with Gasteiger partial charge in [0, 0.05) is 19.8 Å². The van der Waals surface area contributed by atoms with E-state index in [1.165, 1.54) is 32.4 Å². The Kier molecular flexibility index (Phi) is 23.1. The molecular formula is C13H27NO6. The first-order valence-electron chi connectivity index (χ1n) is 6.61. The molecule has 7 heteroatoms. The first-order valence-corrected chi connectivity index (χ1v) is 6.61. The second-order valence-electron chi connectivity index (χ2n) is 3.82. The Hall–Kier alpha value is -1.63. The lowest BCUT2D eigenvalue weighted by Crippen LogP contribution is -2.21. The van der Waals surface area contributed by atoms with E-state index in [4.69, 9.17) is 20.1 Å². The fourth-order valence-corrected chi connectivity index (χ4v) is 0.802. The molecule has 0 aliphatic carbocycles. The van der Waals surface area contributed by atoms with Gasteiger partial charge in [0.25, 0.3) is 5.97 Å². The molecule has 0 bridgehead atoms. The molecule has 4 N–H and O–H groups in total. The molecule has 0 aromatic carbocycles. The average Bonchev–Trinajstić information content (AvgIpc) is 2.41. The van der Waals surface area contributed by atoms with Crippen molar-refractivity contribution in [1.82, 2.24) is 5.32 Å². The SMILES string of the molecule is C1CCNCC1.CC(=O)O.CCC(=O)O.CCC(=O)O. The fraction of sp³-hybridized carbons (Fsp3) is 0.769. The molecular weight excluding hydrogens is 266 g/mol. The van der Waals surface area contributed by atoms with Crippen LogP contribution in [0.4, 0.5) is 0 Å². The third-order valence-electron chi connectivity index (χ3n) is 1.81. The van der Waals surface area contributed by atoms with Gasteiger partial charge in [-0.1, -0.05) is 20.3 Å². The summed E-state index contributed by atoms with van der Waals surface area (Å²) < 4.78 is 0. The summed E-state index contributed by atoms with van der Waals surface area (Å²) in [5, 5.41) is 26.1. The van der Waals surface area contributed by atoms with Crippen molar-refractivity contribution in [2.75, 3.05) is 13.1 Å². The van der Waals surface area contributed by atoms with E-state index < -0.39 is 17.9 Å². The highest BCUT2D eigenvalue weighted by molar-refractivity contribution is 5.66. The Morgan fingerprint density at radius 3 is 1.15 bits per heavy atom. The third-order valence-corrected chi connectivity index (χ3v) is 1.81. The summed E-state index contributed by atoms with van der Waals surface area (Å²) in [4.78, 5) is 27.7. The molecule has 20 heavy (non-hydrogen) atoms. The maximum atomic E-state index is 9.37. The van der Waals surface area contributed by atoms with Crippen LogP contribution >= 0.6 is 0 Å². The van der Waals surface area contributed by atoms with Crippen LogP contribution in [0.3, 0.4) is 0 Å². The average molecular weight is 293 g/mol. The van der Waals surface area contributed by atoms with Gasteiger partial charge in [0.2, 0.25) is 0 Å². The Balaban J connectivity index is -0.000000195. The van der Waals surface area contributed by atoms with E-state index in [1.54, 1.807) is 13.8 Å². The highest BCUT2D eigenvalue weighted by Gasteiger charge is 1.93. The van der Waals surface area contributed by atoms with Crippen molar-refractivity contribution in [2.24, 2.45) is 0 Å². The summed E-state index contributed by atoms with van der Waals surface area (Å²) in [6, 6.07) is 0. The summed E-state index contributed by atoms with van der Waals surface area (Å²) in [5.74, 6) is -2.32. The number of aliphatic carboxylic acids is 3. The van der Waals surface area contributed by atoms with Crippen LogP contribution in [-0.2, 0) is 14.4 Å². The van der Waals surface area contributed by atoms with Gasteiger partial charge in [0.15, 0.2) is 0 Å². The van der Waals surface area contributed by atoms with Gasteiger partial charge in [-0.2, -0.15) is 0 Å². The summed E-state index contributed by atoms with van der Waals surface area (Å²) in [7, 11) is 0. The van der Waals surface area contributed by atoms with E-state index in [1.807, 2.05) is 0 Å². The number of carbonyl (C=O) groups is 3. The summed E-state index contributed by atoms with van der Waals surface area (Å²) in [6.45, 7) is 6.78. The first kappa shape index (κ1) is 23.5. The summed E-state index contributed by atoms with van der Waals surface area (Å²) in [6.07, 6.45) is 4.66. The molecule has 0 aromatic rings. The number of piperidine rings is 1. The third kappa shape index (κ3) is 55.2. The van der Waals surface area contributed by atoms with Crippen molar-refractivity contribution < 1.29 is 29.7 Å². The lowest BCUT2D eigenvalue weighted by atomic mass is 10.2. The second kappa shape index (κ2) is 19.7. The molecule has 1 fully saturated rings. The van der Waals surface area contributed by atoms with Gasteiger partial charge in [-0.15, -0.1) is 0 Å². The van der Waals surface area contributed by atoms with E-state index in [-0.39, 0.29) is 12.8 Å². The topological polar surface area (TPSA) is 124 Å². The maximum absolute atomic E-state index is 9.37. The molecule has 0 spiro atoms. The van der Waals surface area contributed by atoms with E-state index in [9.17, 15) is 9.59 Å². The van der Waals surface area contributed by atoms with Crippen molar-refractivity contribution >= 4 is 17.9 Å². The minimum absolute atomic E-state index is 0.222. The Labute approximate surface area is 120 Å². The lowest BCUT2D eigenvalue weighted by Gasteiger charge is -2.08. The second-order valence-corrected chi connectivity index (χ2v) is 3.82. The zero-order valence-corrected chi connectivity index (χ0v) is 12.5. The van der Waals surface area contributed by atoms with E-state index in [0.29, 0.717) is 0 Å².